The van der Waals surface area contributed by atoms with Crippen molar-refractivity contribution in [1.82, 2.24) is 4.57 Å². The van der Waals surface area contributed by atoms with Crippen LogP contribution in [0.5, 0.6) is 5.75 Å². The van der Waals surface area contributed by atoms with E-state index in [2.05, 4.69) is 11.8 Å². The van der Waals surface area contributed by atoms with Gasteiger partial charge in [0.15, 0.2) is 0 Å². The van der Waals surface area contributed by atoms with E-state index < -0.39 is 35.7 Å². The number of pyridine rings is 1. The molecule has 0 aliphatic rings. The summed E-state index contributed by atoms with van der Waals surface area (Å²) in [6.45, 7) is 2.02. The Morgan fingerprint density at radius 1 is 1.20 bits per heavy atom. The van der Waals surface area contributed by atoms with Crippen LogP contribution in [-0.2, 0) is 6.54 Å². The normalized spacial score (nSPS) is 10.5. The van der Waals surface area contributed by atoms with Crippen molar-refractivity contribution in [3.63, 3.8) is 0 Å². The van der Waals surface area contributed by atoms with E-state index in [9.17, 15) is 22.4 Å². The topological polar surface area (TPSA) is 31.2 Å². The van der Waals surface area contributed by atoms with E-state index in [0.29, 0.717) is 4.57 Å². The molecule has 0 N–H and O–H groups in total. The minimum absolute atomic E-state index is 0.0463. The Balaban J connectivity index is 2.56. The highest BCUT2D eigenvalue weighted by atomic mass is 19.3. The molecule has 1 aromatic carbocycles. The predicted octanol–water partition coefficient (Wildman–Crippen LogP) is 3.77. The van der Waals surface area contributed by atoms with Crippen LogP contribution in [0.4, 0.5) is 17.6 Å². The summed E-state index contributed by atoms with van der Waals surface area (Å²) in [6.07, 6.45) is -2.85. The Morgan fingerprint density at radius 2 is 1.84 bits per heavy atom. The molecule has 2 rings (SSSR count). The van der Waals surface area contributed by atoms with Gasteiger partial charge in [-0.1, -0.05) is 12.0 Å². The fraction of sp³-hybridized carbons (Fsp3) is 0.278. The third-order valence-corrected chi connectivity index (χ3v) is 3.44. The van der Waals surface area contributed by atoms with Gasteiger partial charge in [-0.25, -0.2) is 17.6 Å². The van der Waals surface area contributed by atoms with Crippen LogP contribution in [0, 0.1) is 30.4 Å². The minimum Gasteiger partial charge on any atom is -0.481 e. The van der Waals surface area contributed by atoms with Crippen LogP contribution in [0.15, 0.2) is 29.1 Å². The van der Waals surface area contributed by atoms with Crippen LogP contribution in [-0.4, -0.2) is 17.6 Å². The lowest BCUT2D eigenvalue weighted by atomic mass is 10.1. The number of rotatable bonds is 5. The smallest absolute Gasteiger partial charge is 0.256 e. The Kier molecular flexibility index (Phi) is 5.86. The zero-order valence-corrected chi connectivity index (χ0v) is 13.6. The SMILES string of the molecule is CC#CCOc1cc(F)c(-c2ccc(C)c(=O)n2CC(F)F)c(F)c1. The van der Waals surface area contributed by atoms with Crippen molar-refractivity contribution in [2.24, 2.45) is 0 Å². The molecular weight excluding hydrogens is 338 g/mol. The molecule has 2 aromatic rings. The summed E-state index contributed by atoms with van der Waals surface area (Å²) >= 11 is 0. The van der Waals surface area contributed by atoms with E-state index in [1.54, 1.807) is 6.92 Å². The number of aromatic nitrogens is 1. The molecule has 0 atom stereocenters. The van der Waals surface area contributed by atoms with Gasteiger partial charge in [-0.2, -0.15) is 0 Å². The average molecular weight is 353 g/mol. The van der Waals surface area contributed by atoms with Crippen molar-refractivity contribution < 1.29 is 22.3 Å². The summed E-state index contributed by atoms with van der Waals surface area (Å²) in [5.74, 6) is 3.02. The molecule has 25 heavy (non-hydrogen) atoms. The third-order valence-electron chi connectivity index (χ3n) is 3.44. The van der Waals surface area contributed by atoms with Gasteiger partial charge in [0.05, 0.1) is 17.8 Å². The fourth-order valence-corrected chi connectivity index (χ4v) is 2.29. The second-order valence-electron chi connectivity index (χ2n) is 5.19. The van der Waals surface area contributed by atoms with Crippen molar-refractivity contribution in [3.8, 4) is 28.8 Å². The molecule has 132 valence electrons. The van der Waals surface area contributed by atoms with E-state index >= 15 is 0 Å². The summed E-state index contributed by atoms with van der Waals surface area (Å²) in [6, 6.07) is 4.42. The summed E-state index contributed by atoms with van der Waals surface area (Å²) in [5.41, 5.74) is -1.35. The summed E-state index contributed by atoms with van der Waals surface area (Å²) in [4.78, 5) is 12.1. The van der Waals surface area contributed by atoms with Gasteiger partial charge in [-0.3, -0.25) is 4.79 Å². The molecule has 0 saturated heterocycles. The molecule has 0 fully saturated rings. The Labute approximate surface area is 141 Å². The van der Waals surface area contributed by atoms with Crippen LogP contribution < -0.4 is 10.3 Å². The van der Waals surface area contributed by atoms with E-state index in [4.69, 9.17) is 4.74 Å². The first-order chi connectivity index (χ1) is 11.8. The number of nitrogens with zero attached hydrogens (tertiary/aromatic N) is 1. The molecule has 7 heteroatoms. The molecule has 0 spiro atoms. The Hall–Kier alpha value is -2.75. The zero-order chi connectivity index (χ0) is 18.6. The maximum absolute atomic E-state index is 14.4. The van der Waals surface area contributed by atoms with Gasteiger partial charge in [0, 0.05) is 17.7 Å². The number of hydrogen-bond acceptors (Lipinski definition) is 2. The summed E-state index contributed by atoms with van der Waals surface area (Å²) < 4.78 is 60.1. The molecule has 0 aliphatic heterocycles. The number of alkyl halides is 2. The monoisotopic (exact) mass is 353 g/mol. The average Bonchev–Trinajstić information content (AvgIpc) is 2.53. The van der Waals surface area contributed by atoms with Crippen molar-refractivity contribution in [1.29, 1.82) is 0 Å². The van der Waals surface area contributed by atoms with Gasteiger partial charge < -0.3 is 9.30 Å². The van der Waals surface area contributed by atoms with Crippen LogP contribution in [0.25, 0.3) is 11.3 Å². The van der Waals surface area contributed by atoms with Gasteiger partial charge in [0.25, 0.3) is 12.0 Å². The summed E-state index contributed by atoms with van der Waals surface area (Å²) in [7, 11) is 0. The standard InChI is InChI=1S/C18H15F4NO2/c1-3-4-7-25-12-8-13(19)17(14(20)9-12)15-6-5-11(2)18(24)23(15)10-16(21)22/h5-6,8-9,16H,7,10H2,1-2H3. The fourth-order valence-electron chi connectivity index (χ4n) is 2.29. The summed E-state index contributed by atoms with van der Waals surface area (Å²) in [5, 5.41) is 0. The Bertz CT molecular complexity index is 871. The van der Waals surface area contributed by atoms with Gasteiger partial charge in [-0.05, 0) is 19.9 Å². The molecule has 1 aromatic heterocycles. The van der Waals surface area contributed by atoms with Gasteiger partial charge in [-0.15, -0.1) is 5.92 Å². The quantitative estimate of drug-likeness (QED) is 0.605. The first-order valence-electron chi connectivity index (χ1n) is 7.35. The number of benzene rings is 1. The van der Waals surface area contributed by atoms with Crippen LogP contribution in [0.2, 0.25) is 0 Å². The van der Waals surface area contributed by atoms with Crippen molar-refractivity contribution in [3.05, 3.63) is 51.8 Å². The number of ether oxygens (including phenoxy) is 1. The minimum atomic E-state index is -2.85. The maximum Gasteiger partial charge on any atom is 0.256 e. The van der Waals surface area contributed by atoms with Crippen LogP contribution >= 0.6 is 0 Å². The molecule has 0 radical (unpaired) electrons. The lowest BCUT2D eigenvalue weighted by Gasteiger charge is -2.15. The van der Waals surface area contributed by atoms with Crippen molar-refractivity contribution in [2.45, 2.75) is 26.8 Å². The van der Waals surface area contributed by atoms with Gasteiger partial charge in [0.1, 0.15) is 24.0 Å². The number of halogens is 4. The first-order valence-corrected chi connectivity index (χ1v) is 7.35. The largest absolute Gasteiger partial charge is 0.481 e. The van der Waals surface area contributed by atoms with Crippen molar-refractivity contribution in [2.75, 3.05) is 6.61 Å². The highest BCUT2D eigenvalue weighted by Crippen LogP contribution is 2.29. The van der Waals surface area contributed by atoms with Gasteiger partial charge in [0.2, 0.25) is 0 Å². The van der Waals surface area contributed by atoms with E-state index in [-0.39, 0.29) is 23.6 Å². The lowest BCUT2D eigenvalue weighted by Crippen LogP contribution is -2.26. The second kappa shape index (κ2) is 7.88. The highest BCUT2D eigenvalue weighted by Gasteiger charge is 2.20. The molecular formula is C18H15F4NO2. The van der Waals surface area contributed by atoms with E-state index in [0.717, 1.165) is 12.1 Å². The molecule has 0 unspecified atom stereocenters. The molecule has 0 bridgehead atoms. The van der Waals surface area contributed by atoms with Gasteiger partial charge >= 0.3 is 0 Å². The Morgan fingerprint density at radius 3 is 2.40 bits per heavy atom. The molecule has 0 aliphatic carbocycles. The van der Waals surface area contributed by atoms with Crippen LogP contribution in [0.1, 0.15) is 12.5 Å². The first kappa shape index (κ1) is 18.6. The zero-order valence-electron chi connectivity index (χ0n) is 13.6. The number of hydrogen-bond donors (Lipinski definition) is 0. The van der Waals surface area contributed by atoms with Crippen molar-refractivity contribution >= 4 is 0 Å². The highest BCUT2D eigenvalue weighted by molar-refractivity contribution is 5.63. The molecule has 3 nitrogen and oxygen atoms in total. The van der Waals surface area contributed by atoms with Crippen LogP contribution in [0.3, 0.4) is 0 Å². The van der Waals surface area contributed by atoms with E-state index in [1.807, 2.05) is 0 Å². The second-order valence-corrected chi connectivity index (χ2v) is 5.19. The van der Waals surface area contributed by atoms with E-state index in [1.165, 1.54) is 19.1 Å². The molecule has 1 heterocycles. The number of aryl methyl sites for hydroxylation is 1. The predicted molar refractivity (Wildman–Crippen MR) is 85.7 cm³/mol. The molecule has 0 amide bonds. The molecule has 0 saturated carbocycles. The maximum atomic E-state index is 14.4. The lowest BCUT2D eigenvalue weighted by molar-refractivity contribution is 0.125. The third kappa shape index (κ3) is 4.21.